The van der Waals surface area contributed by atoms with Crippen molar-refractivity contribution < 1.29 is 4.79 Å². The van der Waals surface area contributed by atoms with Crippen LogP contribution in [0.15, 0.2) is 60.7 Å². The molecule has 1 atom stereocenters. The quantitative estimate of drug-likeness (QED) is 0.849. The van der Waals surface area contributed by atoms with Gasteiger partial charge < -0.3 is 5.32 Å². The second-order valence-electron chi connectivity index (χ2n) is 4.61. The molecule has 2 rings (SSSR count). The van der Waals surface area contributed by atoms with E-state index in [-0.39, 0.29) is 11.8 Å². The van der Waals surface area contributed by atoms with E-state index in [1.807, 2.05) is 60.7 Å². The maximum Gasteiger partial charge on any atom is 0.231 e. The molecule has 0 spiro atoms. The van der Waals surface area contributed by atoms with Crippen LogP contribution in [-0.2, 0) is 4.79 Å². The molecular formula is C17H19NO. The molecule has 0 heterocycles. The fourth-order valence-corrected chi connectivity index (χ4v) is 2.17. The topological polar surface area (TPSA) is 29.1 Å². The number of carbonyl (C=O) groups is 1. The summed E-state index contributed by atoms with van der Waals surface area (Å²) < 4.78 is 0. The molecule has 0 aliphatic carbocycles. The second-order valence-corrected chi connectivity index (χ2v) is 4.61. The first-order chi connectivity index (χ1) is 9.31. The molecule has 0 aromatic heterocycles. The average Bonchev–Trinajstić information content (AvgIpc) is 2.46. The lowest BCUT2D eigenvalue weighted by atomic mass is 9.93. The fraction of sp³-hybridized carbons (Fsp3) is 0.235. The number of rotatable bonds is 5. The van der Waals surface area contributed by atoms with Crippen LogP contribution < -0.4 is 5.32 Å². The molecular weight excluding hydrogens is 234 g/mol. The summed E-state index contributed by atoms with van der Waals surface area (Å²) in [5.41, 5.74) is 1.93. The highest BCUT2D eigenvalue weighted by molar-refractivity contribution is 5.95. The summed E-state index contributed by atoms with van der Waals surface area (Å²) >= 11 is 0. The van der Waals surface area contributed by atoms with Crippen molar-refractivity contribution in [3.63, 3.8) is 0 Å². The SMILES string of the molecule is CCC[C@@H](C(=O)Nc1ccccc1)c1ccccc1. The predicted molar refractivity (Wildman–Crippen MR) is 79.2 cm³/mol. The van der Waals surface area contributed by atoms with Crippen LogP contribution in [-0.4, -0.2) is 5.91 Å². The van der Waals surface area contributed by atoms with Crippen LogP contribution in [0.4, 0.5) is 5.69 Å². The monoisotopic (exact) mass is 253 g/mol. The summed E-state index contributed by atoms with van der Waals surface area (Å²) in [5.74, 6) is -0.00865. The van der Waals surface area contributed by atoms with Crippen LogP contribution in [0.2, 0.25) is 0 Å². The lowest BCUT2D eigenvalue weighted by molar-refractivity contribution is -0.117. The molecule has 19 heavy (non-hydrogen) atoms. The molecule has 1 amide bonds. The van der Waals surface area contributed by atoms with Crippen LogP contribution >= 0.6 is 0 Å². The Morgan fingerprint density at radius 1 is 1.00 bits per heavy atom. The van der Waals surface area contributed by atoms with Gasteiger partial charge in [0.05, 0.1) is 5.92 Å². The summed E-state index contributed by atoms with van der Waals surface area (Å²) in [6, 6.07) is 19.6. The van der Waals surface area contributed by atoms with Crippen molar-refractivity contribution in [3.05, 3.63) is 66.2 Å². The maximum atomic E-state index is 12.4. The lowest BCUT2D eigenvalue weighted by Crippen LogP contribution is -2.21. The Morgan fingerprint density at radius 3 is 2.16 bits per heavy atom. The minimum atomic E-state index is -0.0774. The van der Waals surface area contributed by atoms with Crippen molar-refractivity contribution in [2.75, 3.05) is 5.32 Å². The standard InChI is InChI=1S/C17H19NO/c1-2-9-16(14-10-5-3-6-11-14)17(19)18-15-12-7-4-8-13-15/h3-8,10-13,16H,2,9H2,1H3,(H,18,19)/t16-/m1/s1. The van der Waals surface area contributed by atoms with E-state index in [1.54, 1.807) is 0 Å². The molecule has 0 fully saturated rings. The van der Waals surface area contributed by atoms with Gasteiger partial charge >= 0.3 is 0 Å². The van der Waals surface area contributed by atoms with Crippen molar-refractivity contribution in [2.24, 2.45) is 0 Å². The van der Waals surface area contributed by atoms with Crippen molar-refractivity contribution in [1.29, 1.82) is 0 Å². The molecule has 2 nitrogen and oxygen atoms in total. The van der Waals surface area contributed by atoms with Gasteiger partial charge in [0, 0.05) is 5.69 Å². The molecule has 0 aliphatic rings. The number of amides is 1. The number of nitrogens with one attached hydrogen (secondary N) is 1. The first kappa shape index (κ1) is 13.3. The Balaban J connectivity index is 2.13. The summed E-state index contributed by atoms with van der Waals surface area (Å²) in [4.78, 5) is 12.4. The van der Waals surface area contributed by atoms with Crippen LogP contribution in [0.1, 0.15) is 31.2 Å². The van der Waals surface area contributed by atoms with Crippen molar-refractivity contribution in [3.8, 4) is 0 Å². The first-order valence-corrected chi connectivity index (χ1v) is 6.72. The van der Waals surface area contributed by atoms with Gasteiger partial charge in [-0.2, -0.15) is 0 Å². The first-order valence-electron chi connectivity index (χ1n) is 6.72. The molecule has 0 radical (unpaired) electrons. The highest BCUT2D eigenvalue weighted by Crippen LogP contribution is 2.23. The van der Waals surface area contributed by atoms with Gasteiger partial charge in [-0.15, -0.1) is 0 Å². The van der Waals surface area contributed by atoms with Crippen molar-refractivity contribution >= 4 is 11.6 Å². The van der Waals surface area contributed by atoms with E-state index in [0.717, 1.165) is 24.1 Å². The van der Waals surface area contributed by atoms with E-state index in [1.165, 1.54) is 0 Å². The number of hydrogen-bond donors (Lipinski definition) is 1. The summed E-state index contributed by atoms with van der Waals surface area (Å²) in [6.45, 7) is 2.10. The van der Waals surface area contributed by atoms with E-state index in [4.69, 9.17) is 0 Å². The number of para-hydroxylation sites is 1. The van der Waals surface area contributed by atoms with Crippen molar-refractivity contribution in [1.82, 2.24) is 0 Å². The zero-order valence-corrected chi connectivity index (χ0v) is 11.2. The Bertz CT molecular complexity index is 507. The van der Waals surface area contributed by atoms with Crippen LogP contribution in [0, 0.1) is 0 Å². The van der Waals surface area contributed by atoms with E-state index >= 15 is 0 Å². The third kappa shape index (κ3) is 3.68. The van der Waals surface area contributed by atoms with E-state index in [2.05, 4.69) is 12.2 Å². The molecule has 0 bridgehead atoms. The van der Waals surface area contributed by atoms with Gasteiger partial charge in [-0.3, -0.25) is 4.79 Å². The summed E-state index contributed by atoms with van der Waals surface area (Å²) in [5, 5.41) is 2.99. The molecule has 2 heteroatoms. The highest BCUT2D eigenvalue weighted by Gasteiger charge is 2.19. The lowest BCUT2D eigenvalue weighted by Gasteiger charge is -2.16. The average molecular weight is 253 g/mol. The van der Waals surface area contributed by atoms with Crippen LogP contribution in [0.5, 0.6) is 0 Å². The predicted octanol–water partition coefficient (Wildman–Crippen LogP) is 4.21. The Morgan fingerprint density at radius 2 is 1.58 bits per heavy atom. The zero-order valence-electron chi connectivity index (χ0n) is 11.2. The molecule has 0 unspecified atom stereocenters. The van der Waals surface area contributed by atoms with Crippen molar-refractivity contribution in [2.45, 2.75) is 25.7 Å². The van der Waals surface area contributed by atoms with Gasteiger partial charge in [-0.05, 0) is 24.1 Å². The Kier molecular flexibility index (Phi) is 4.73. The fourth-order valence-electron chi connectivity index (χ4n) is 2.17. The highest BCUT2D eigenvalue weighted by atomic mass is 16.1. The molecule has 2 aromatic rings. The number of benzene rings is 2. The van der Waals surface area contributed by atoms with E-state index in [9.17, 15) is 4.79 Å². The molecule has 0 saturated heterocycles. The van der Waals surface area contributed by atoms with Crippen LogP contribution in [0.3, 0.4) is 0 Å². The van der Waals surface area contributed by atoms with Gasteiger partial charge in [0.25, 0.3) is 0 Å². The van der Waals surface area contributed by atoms with Gasteiger partial charge in [-0.1, -0.05) is 61.9 Å². The van der Waals surface area contributed by atoms with E-state index in [0.29, 0.717) is 0 Å². The number of hydrogen-bond acceptors (Lipinski definition) is 1. The van der Waals surface area contributed by atoms with E-state index < -0.39 is 0 Å². The minimum absolute atomic E-state index is 0.0688. The zero-order chi connectivity index (χ0) is 13.5. The number of anilines is 1. The normalized spacial score (nSPS) is 11.8. The number of carbonyl (C=O) groups excluding carboxylic acids is 1. The van der Waals surface area contributed by atoms with Gasteiger partial charge in [0.1, 0.15) is 0 Å². The Labute approximate surface area is 114 Å². The maximum absolute atomic E-state index is 12.4. The van der Waals surface area contributed by atoms with Gasteiger partial charge in [0.2, 0.25) is 5.91 Å². The molecule has 2 aromatic carbocycles. The summed E-state index contributed by atoms with van der Waals surface area (Å²) in [7, 11) is 0. The Hall–Kier alpha value is -2.09. The summed E-state index contributed by atoms with van der Waals surface area (Å²) in [6.07, 6.45) is 1.85. The minimum Gasteiger partial charge on any atom is -0.326 e. The molecule has 0 aliphatic heterocycles. The third-order valence-corrected chi connectivity index (χ3v) is 3.14. The second kappa shape index (κ2) is 6.74. The van der Waals surface area contributed by atoms with Crippen LogP contribution in [0.25, 0.3) is 0 Å². The molecule has 98 valence electrons. The smallest absolute Gasteiger partial charge is 0.231 e. The molecule has 1 N–H and O–H groups in total. The third-order valence-electron chi connectivity index (χ3n) is 3.14. The van der Waals surface area contributed by atoms with Gasteiger partial charge in [0.15, 0.2) is 0 Å². The molecule has 0 saturated carbocycles. The van der Waals surface area contributed by atoms with Gasteiger partial charge in [-0.25, -0.2) is 0 Å². The largest absolute Gasteiger partial charge is 0.326 e.